The molecule has 0 saturated carbocycles. The molecule has 0 aliphatic carbocycles. The Morgan fingerprint density at radius 3 is 2.45 bits per heavy atom. The molecular weight excluding hydrogens is 435 g/mol. The number of carbonyl (C=O) groups is 2. The van der Waals surface area contributed by atoms with E-state index in [1.807, 2.05) is 36.4 Å². The van der Waals surface area contributed by atoms with E-state index in [4.69, 9.17) is 0 Å². The second-order valence-electron chi connectivity index (χ2n) is 6.84. The van der Waals surface area contributed by atoms with Gasteiger partial charge < -0.3 is 10.2 Å². The number of amides is 2. The minimum atomic E-state index is -0.374. The first-order valence-electron chi connectivity index (χ1n) is 9.29. The minimum Gasteiger partial charge on any atom is -0.321 e. The fourth-order valence-corrected chi connectivity index (χ4v) is 3.84. The molecule has 4 rings (SSSR count). The van der Waals surface area contributed by atoms with E-state index < -0.39 is 0 Å². The Kier molecular flexibility index (Phi) is 5.45. The van der Waals surface area contributed by atoms with Crippen LogP contribution in [0.25, 0.3) is 0 Å². The highest BCUT2D eigenvalue weighted by atomic mass is 79.9. The predicted octanol–water partition coefficient (Wildman–Crippen LogP) is 5.43. The quantitative estimate of drug-likeness (QED) is 0.575. The number of rotatable bonds is 3. The van der Waals surface area contributed by atoms with Crippen molar-refractivity contribution in [3.63, 3.8) is 0 Å². The molecule has 146 valence electrons. The summed E-state index contributed by atoms with van der Waals surface area (Å²) < 4.78 is 14.0. The fraction of sp³-hybridized carbons (Fsp3) is 0.130. The summed E-state index contributed by atoms with van der Waals surface area (Å²) in [4.78, 5) is 27.3. The maximum atomic E-state index is 13.2. The van der Waals surface area contributed by atoms with Gasteiger partial charge in [-0.2, -0.15) is 0 Å². The Labute approximate surface area is 176 Å². The van der Waals surface area contributed by atoms with Gasteiger partial charge in [0.15, 0.2) is 0 Å². The summed E-state index contributed by atoms with van der Waals surface area (Å²) in [6.07, 6.45) is 1.59. The predicted molar refractivity (Wildman–Crippen MR) is 115 cm³/mol. The van der Waals surface area contributed by atoms with Crippen LogP contribution in [-0.4, -0.2) is 18.4 Å². The molecule has 0 radical (unpaired) electrons. The first kappa shape index (κ1) is 19.3. The molecule has 0 saturated heterocycles. The maximum absolute atomic E-state index is 13.2. The van der Waals surface area contributed by atoms with Crippen LogP contribution in [0, 0.1) is 5.82 Å². The molecule has 3 aromatic rings. The van der Waals surface area contributed by atoms with Crippen molar-refractivity contribution in [2.75, 3.05) is 16.8 Å². The van der Waals surface area contributed by atoms with Crippen LogP contribution in [-0.2, 0) is 6.42 Å². The van der Waals surface area contributed by atoms with Crippen LogP contribution in [0.2, 0.25) is 0 Å². The zero-order valence-electron chi connectivity index (χ0n) is 15.5. The average molecular weight is 453 g/mol. The van der Waals surface area contributed by atoms with Crippen molar-refractivity contribution in [1.82, 2.24) is 0 Å². The number of hydrogen-bond acceptors (Lipinski definition) is 2. The molecule has 0 spiro atoms. The van der Waals surface area contributed by atoms with Gasteiger partial charge >= 0.3 is 0 Å². The zero-order chi connectivity index (χ0) is 20.4. The molecular formula is C23H18BrFN2O2. The van der Waals surface area contributed by atoms with E-state index in [2.05, 4.69) is 21.2 Å². The Balaban J connectivity index is 1.58. The van der Waals surface area contributed by atoms with Crippen molar-refractivity contribution >= 4 is 39.1 Å². The minimum absolute atomic E-state index is 0.170. The van der Waals surface area contributed by atoms with E-state index >= 15 is 0 Å². The summed E-state index contributed by atoms with van der Waals surface area (Å²) in [6, 6.07) is 18.3. The van der Waals surface area contributed by atoms with Gasteiger partial charge in [0, 0.05) is 27.8 Å². The molecule has 0 atom stereocenters. The van der Waals surface area contributed by atoms with Crippen LogP contribution in [0.3, 0.4) is 0 Å². The lowest BCUT2D eigenvalue weighted by atomic mass is 9.98. The number of para-hydroxylation sites is 1. The van der Waals surface area contributed by atoms with E-state index in [9.17, 15) is 14.0 Å². The molecule has 1 heterocycles. The zero-order valence-corrected chi connectivity index (χ0v) is 17.1. The Bertz CT molecular complexity index is 1080. The van der Waals surface area contributed by atoms with E-state index in [1.54, 1.807) is 11.0 Å². The van der Waals surface area contributed by atoms with Crippen molar-refractivity contribution in [1.29, 1.82) is 0 Å². The number of halogens is 2. The van der Waals surface area contributed by atoms with Gasteiger partial charge in [0.25, 0.3) is 11.8 Å². The number of carbonyl (C=O) groups excluding carboxylic acids is 2. The molecule has 0 aromatic heterocycles. The van der Waals surface area contributed by atoms with Crippen LogP contribution in [0.4, 0.5) is 15.8 Å². The number of nitrogens with zero attached hydrogens (tertiary/aromatic N) is 1. The number of hydrogen-bond donors (Lipinski definition) is 1. The molecule has 0 fully saturated rings. The summed E-state index contributed by atoms with van der Waals surface area (Å²) >= 11 is 3.43. The van der Waals surface area contributed by atoms with Crippen molar-refractivity contribution in [2.45, 2.75) is 12.8 Å². The molecule has 4 nitrogen and oxygen atoms in total. The van der Waals surface area contributed by atoms with Gasteiger partial charge in [0.1, 0.15) is 5.82 Å². The lowest BCUT2D eigenvalue weighted by molar-refractivity contribution is 0.0984. The third-order valence-electron chi connectivity index (χ3n) is 4.92. The van der Waals surface area contributed by atoms with Crippen LogP contribution >= 0.6 is 15.9 Å². The first-order valence-corrected chi connectivity index (χ1v) is 10.1. The summed E-state index contributed by atoms with van der Waals surface area (Å²) in [6.45, 7) is 0.589. The van der Waals surface area contributed by atoms with Crippen molar-refractivity contribution in [3.8, 4) is 0 Å². The maximum Gasteiger partial charge on any atom is 0.258 e. The topological polar surface area (TPSA) is 49.4 Å². The Morgan fingerprint density at radius 1 is 0.966 bits per heavy atom. The van der Waals surface area contributed by atoms with Crippen molar-refractivity contribution in [3.05, 3.63) is 93.7 Å². The number of nitrogens with one attached hydrogen (secondary N) is 1. The average Bonchev–Trinajstić information content (AvgIpc) is 2.74. The number of anilines is 2. The second-order valence-corrected chi connectivity index (χ2v) is 7.70. The van der Waals surface area contributed by atoms with Gasteiger partial charge in [-0.25, -0.2) is 4.39 Å². The third-order valence-corrected chi connectivity index (χ3v) is 5.61. The molecule has 0 bridgehead atoms. The molecule has 1 aliphatic heterocycles. The molecule has 2 amide bonds. The highest BCUT2D eigenvalue weighted by Crippen LogP contribution is 2.30. The normalized spacial score (nSPS) is 13.0. The van der Waals surface area contributed by atoms with E-state index in [1.165, 1.54) is 24.3 Å². The van der Waals surface area contributed by atoms with Crippen molar-refractivity contribution < 1.29 is 14.0 Å². The number of aryl methyl sites for hydroxylation is 1. The smallest absolute Gasteiger partial charge is 0.258 e. The third kappa shape index (κ3) is 4.07. The molecule has 0 unspecified atom stereocenters. The monoisotopic (exact) mass is 452 g/mol. The summed E-state index contributed by atoms with van der Waals surface area (Å²) in [5.74, 6) is -0.751. The molecule has 1 N–H and O–H groups in total. The molecule has 6 heteroatoms. The Morgan fingerprint density at radius 2 is 1.69 bits per heavy atom. The summed E-state index contributed by atoms with van der Waals surface area (Å²) in [7, 11) is 0. The summed E-state index contributed by atoms with van der Waals surface area (Å²) in [5, 5.41) is 2.90. The standard InChI is InChI=1S/C23H18BrFN2O2/c24-19-5-1-2-6-20(19)26-22(28)17-9-12-21-16(14-17)4-3-13-27(21)23(29)15-7-10-18(25)11-8-15/h1-2,5-12,14H,3-4,13H2,(H,26,28). The van der Waals surface area contributed by atoms with Gasteiger partial charge in [-0.15, -0.1) is 0 Å². The van der Waals surface area contributed by atoms with Crippen LogP contribution in [0.1, 0.15) is 32.7 Å². The van der Waals surface area contributed by atoms with E-state index in [0.717, 1.165) is 28.6 Å². The second kappa shape index (κ2) is 8.17. The van der Waals surface area contributed by atoms with Crippen LogP contribution in [0.5, 0.6) is 0 Å². The number of benzene rings is 3. The fourth-order valence-electron chi connectivity index (χ4n) is 3.45. The van der Waals surface area contributed by atoms with Crippen molar-refractivity contribution in [2.24, 2.45) is 0 Å². The molecule has 1 aliphatic rings. The SMILES string of the molecule is O=C(Nc1ccccc1Br)c1ccc2c(c1)CCCN2C(=O)c1ccc(F)cc1. The van der Waals surface area contributed by atoms with Gasteiger partial charge in [0.2, 0.25) is 0 Å². The highest BCUT2D eigenvalue weighted by molar-refractivity contribution is 9.10. The van der Waals surface area contributed by atoms with Gasteiger partial charge in [-0.1, -0.05) is 12.1 Å². The lowest BCUT2D eigenvalue weighted by Crippen LogP contribution is -2.35. The molecule has 3 aromatic carbocycles. The number of fused-ring (bicyclic) bond motifs is 1. The largest absolute Gasteiger partial charge is 0.321 e. The van der Waals surface area contributed by atoms with Crippen LogP contribution in [0.15, 0.2) is 71.2 Å². The van der Waals surface area contributed by atoms with Gasteiger partial charge in [-0.05, 0) is 88.9 Å². The lowest BCUT2D eigenvalue weighted by Gasteiger charge is -2.30. The van der Waals surface area contributed by atoms with Gasteiger partial charge in [-0.3, -0.25) is 9.59 Å². The Hall–Kier alpha value is -2.99. The van der Waals surface area contributed by atoms with Gasteiger partial charge in [0.05, 0.1) is 5.69 Å². The first-order chi connectivity index (χ1) is 14.0. The van der Waals surface area contributed by atoms with E-state index in [0.29, 0.717) is 23.4 Å². The highest BCUT2D eigenvalue weighted by Gasteiger charge is 2.24. The van der Waals surface area contributed by atoms with Crippen LogP contribution < -0.4 is 10.2 Å². The molecule has 29 heavy (non-hydrogen) atoms. The summed E-state index contributed by atoms with van der Waals surface area (Å²) in [5.41, 5.74) is 3.42. The van der Waals surface area contributed by atoms with E-state index in [-0.39, 0.29) is 17.6 Å².